The number of sulfone groups is 1. The molecular formula is C84H115Cl6N7O25S3. The molecule has 9 rings (SSSR count). The smallest absolute Gasteiger partial charge is 0.335 e. The molecule has 3 aliphatic heterocycles. The molecule has 32 nitrogen and oxygen atoms in total. The van der Waals surface area contributed by atoms with Crippen LogP contribution >= 0.6 is 69.6 Å². The number of ether oxygens (including phenoxy) is 9. The molecule has 0 saturated carbocycles. The molecule has 0 aliphatic carbocycles. The summed E-state index contributed by atoms with van der Waals surface area (Å²) in [7, 11) is -4.62. The first-order valence-corrected chi connectivity index (χ1v) is 47.3. The van der Waals surface area contributed by atoms with Crippen molar-refractivity contribution in [2.45, 2.75) is 110 Å². The number of Topliss-reactive ketones (excluding diaryl/α,β-unsaturated/α-hetero) is 1. The van der Waals surface area contributed by atoms with E-state index in [0.717, 1.165) is 82.8 Å². The second kappa shape index (κ2) is 56.1. The van der Waals surface area contributed by atoms with Crippen LogP contribution in [0.1, 0.15) is 101 Å². The number of nitrogens with one attached hydrogen (secondary N) is 3. The van der Waals surface area contributed by atoms with Gasteiger partial charge < -0.3 is 99.0 Å². The molecule has 0 radical (unpaired) electrons. The highest BCUT2D eigenvalue weighted by atomic mass is 35.5. The van der Waals surface area contributed by atoms with Crippen LogP contribution in [0, 0.1) is 0 Å². The van der Waals surface area contributed by atoms with Crippen LogP contribution in [-0.2, 0) is 111 Å². The van der Waals surface area contributed by atoms with E-state index in [1.807, 2.05) is 82.5 Å². The van der Waals surface area contributed by atoms with Crippen molar-refractivity contribution < 1.29 is 118 Å². The molecule has 696 valence electrons. The number of aliphatic hydroxyl groups is 4. The number of aliphatic hydroxyl groups excluding tert-OH is 4. The Hall–Kier alpha value is -5.77. The number of fused-ring (bicyclic) bond motifs is 3. The van der Waals surface area contributed by atoms with E-state index < -0.39 is 77.9 Å². The molecule has 7 atom stereocenters. The minimum atomic E-state index is -3.73. The molecule has 0 aromatic heterocycles. The molecule has 41 heteroatoms. The summed E-state index contributed by atoms with van der Waals surface area (Å²) in [6.07, 6.45) is -7.35. The van der Waals surface area contributed by atoms with E-state index in [2.05, 4.69) is 36.5 Å². The number of amides is 1. The third-order valence-corrected chi connectivity index (χ3v) is 26.0. The van der Waals surface area contributed by atoms with Gasteiger partial charge in [0.1, 0.15) is 6.10 Å². The maximum Gasteiger partial charge on any atom is 0.335 e. The Balaban J connectivity index is 0.000000281. The van der Waals surface area contributed by atoms with Gasteiger partial charge in [-0.2, -0.15) is 0 Å². The summed E-state index contributed by atoms with van der Waals surface area (Å²) >= 11 is 38.2. The lowest BCUT2D eigenvalue weighted by Gasteiger charge is -2.33. The van der Waals surface area contributed by atoms with Gasteiger partial charge in [0, 0.05) is 146 Å². The Labute approximate surface area is 761 Å². The lowest BCUT2D eigenvalue weighted by molar-refractivity contribution is -0.165. The zero-order valence-corrected chi connectivity index (χ0v) is 77.4. The normalized spacial score (nSPS) is 16.4. The van der Waals surface area contributed by atoms with Gasteiger partial charge in [0.25, 0.3) is 5.91 Å². The topological polar surface area (TPSA) is 447 Å². The molecule has 0 fully saturated rings. The molecule has 3 aliphatic rings. The largest absolute Gasteiger partial charge is 0.479 e. The highest BCUT2D eigenvalue weighted by Crippen LogP contribution is 2.42. The fourth-order valence-electron chi connectivity index (χ4n) is 13.3. The third-order valence-electron chi connectivity index (χ3n) is 19.6. The number of likely N-dealkylation sites (N-methyl/N-ethyl adjacent to an activating group) is 3. The molecule has 0 bridgehead atoms. The number of aliphatic carboxylic acids is 2. The first-order chi connectivity index (χ1) is 59.5. The Kier molecular flexibility index (Phi) is 48.4. The summed E-state index contributed by atoms with van der Waals surface area (Å²) in [6.45, 7) is 15.9. The van der Waals surface area contributed by atoms with Gasteiger partial charge in [-0.05, 0) is 171 Å². The summed E-state index contributed by atoms with van der Waals surface area (Å²) in [5.74, 6) is -4.84. The molecular weight excluding hydrogens is 1820 g/mol. The standard InChI is InChI=1S/C33H47Cl2N3O10S.C24H33Cl2N3O5S.C23H29Cl2NO4S.C4H6O6/c1-3-45-12-4-5-30(39)31(40)32(41)33(42)36-10-13-46-15-17-48-18-16-47-14-11-37-49(43,44)25-8-6-23(7-9-25)27-21-38(2)22-28-26(27)19-24(34)20-29(28)35;1-29-16-22(21-14-19(25)15-24(26)23(21)17-29)18-2-4-20(5-3-18)35(30,31)28-7-9-33-11-13-34-12-10-32-8-6-27;1-3-29-10-11-30-9-4-12-31(27,28)19-7-5-17(6-8-19)21-15-26(2)16-22-20(21)13-18(24)14-23(22)25;5-1(3(7)8)2(6)4(9)10/h6-9,19-20,27,31-32,37,40-41H,3-5,10-18,21-22H2,1-2H3,(H,36,42);2-5,14-15,22,28H,6-13,16-17,27H2,1H3;5-8,13-14,21H,3-4,9-12,15-16H2,1-2H3;1-2,5-6H,(H,7,8)(H,9,10)/t27-,31-,32+;22-;21-;1-,2-/m0001/s1. The Bertz CT molecular complexity index is 4680. The number of carbonyl (C=O) groups excluding carboxylic acids is 2. The molecule has 0 saturated heterocycles. The van der Waals surface area contributed by atoms with Crippen LogP contribution in [0.25, 0.3) is 0 Å². The van der Waals surface area contributed by atoms with Crippen LogP contribution in [0.4, 0.5) is 0 Å². The van der Waals surface area contributed by atoms with Crippen LogP contribution in [-0.4, -0.2) is 310 Å². The van der Waals surface area contributed by atoms with Crippen molar-refractivity contribution in [1.82, 2.24) is 29.5 Å². The number of benzene rings is 6. The van der Waals surface area contributed by atoms with Crippen LogP contribution in [0.3, 0.4) is 0 Å². The maximum atomic E-state index is 12.8. The Morgan fingerprint density at radius 1 is 0.416 bits per heavy atom. The minimum absolute atomic E-state index is 0.00285. The SMILES string of the molecule is CCOCCCC(=O)[C@H](O)[C@@H](O)C(=O)NCCOCCOCCOCCNS(=O)(=O)c1ccc([C@@H]2CN(C)Cc3c(Cl)cc(Cl)cc32)cc1.CCOCCOCCCS(=O)(=O)c1ccc([C@@H]2CN(C)Cc3c(Cl)cc(Cl)cc32)cc1.CN1Cc2c(Cl)cc(Cl)cc2[C@H](c2ccc(S(=O)(=O)NCCOCCOCCOCCN)cc2)C1.O=C(O)[C@H](O)[C@@H](O)C(=O)O. The van der Waals surface area contributed by atoms with E-state index in [0.29, 0.717) is 134 Å². The average molecular weight is 1930 g/mol. The summed E-state index contributed by atoms with van der Waals surface area (Å²) in [5, 5.41) is 58.4. The monoisotopic (exact) mass is 1930 g/mol. The van der Waals surface area contributed by atoms with Crippen LogP contribution in [0.15, 0.2) is 124 Å². The van der Waals surface area contributed by atoms with Crippen molar-refractivity contribution in [3.05, 3.63) is 189 Å². The molecule has 6 aromatic carbocycles. The molecule has 11 N–H and O–H groups in total. The molecule has 0 unspecified atom stereocenters. The fraction of sp³-hybridized carbons (Fsp3) is 0.524. The number of hydrogen-bond donors (Lipinski definition) is 10. The van der Waals surface area contributed by atoms with Crippen molar-refractivity contribution in [2.75, 3.05) is 192 Å². The minimum Gasteiger partial charge on any atom is -0.479 e. The van der Waals surface area contributed by atoms with Crippen molar-refractivity contribution in [2.24, 2.45) is 5.73 Å². The average Bonchev–Trinajstić information content (AvgIpc) is 0.778. The van der Waals surface area contributed by atoms with Gasteiger partial charge in [-0.15, -0.1) is 0 Å². The van der Waals surface area contributed by atoms with Gasteiger partial charge in [-0.25, -0.2) is 44.3 Å². The lowest BCUT2D eigenvalue weighted by Crippen LogP contribution is -2.46. The maximum absolute atomic E-state index is 12.8. The molecule has 0 spiro atoms. The number of halogens is 6. The number of hydrogen-bond acceptors (Lipinski definition) is 27. The summed E-state index contributed by atoms with van der Waals surface area (Å²) < 4.78 is 129. The number of ketones is 1. The quantitative estimate of drug-likeness (QED) is 0.0164. The number of carboxylic acid groups (broad SMARTS) is 2. The molecule has 125 heavy (non-hydrogen) atoms. The third kappa shape index (κ3) is 36.5. The van der Waals surface area contributed by atoms with Crippen molar-refractivity contribution in [3.8, 4) is 0 Å². The highest BCUT2D eigenvalue weighted by molar-refractivity contribution is 7.91. The Morgan fingerprint density at radius 3 is 1.08 bits per heavy atom. The Morgan fingerprint density at radius 2 is 0.728 bits per heavy atom. The van der Waals surface area contributed by atoms with Gasteiger partial charge in [-0.3, -0.25) is 9.59 Å². The van der Waals surface area contributed by atoms with Crippen LogP contribution in [0.2, 0.25) is 30.1 Å². The highest BCUT2D eigenvalue weighted by Gasteiger charge is 2.34. The molecule has 1 amide bonds. The van der Waals surface area contributed by atoms with E-state index in [9.17, 15) is 54.6 Å². The summed E-state index contributed by atoms with van der Waals surface area (Å²) in [4.78, 5) is 50.7. The first-order valence-electron chi connectivity index (χ1n) is 40.4. The number of nitrogens with two attached hydrogens (primary N) is 1. The van der Waals surface area contributed by atoms with E-state index in [1.54, 1.807) is 54.6 Å². The van der Waals surface area contributed by atoms with Crippen molar-refractivity contribution in [1.29, 1.82) is 0 Å². The van der Waals surface area contributed by atoms with Gasteiger partial charge in [0.05, 0.1) is 113 Å². The van der Waals surface area contributed by atoms with E-state index in [-0.39, 0.29) is 106 Å². The van der Waals surface area contributed by atoms with E-state index in [4.69, 9.17) is 138 Å². The summed E-state index contributed by atoms with van der Waals surface area (Å²) in [6, 6.07) is 32.1. The number of nitrogens with zero attached hydrogens (tertiary/aromatic N) is 3. The van der Waals surface area contributed by atoms with E-state index >= 15 is 0 Å². The molecule has 3 heterocycles. The molecule has 6 aromatic rings. The fourth-order valence-corrected chi connectivity index (χ4v) is 18.3. The summed E-state index contributed by atoms with van der Waals surface area (Å²) in [5.41, 5.74) is 14.7. The van der Waals surface area contributed by atoms with E-state index in [1.165, 1.54) is 0 Å². The van der Waals surface area contributed by atoms with Crippen molar-refractivity contribution in [3.63, 3.8) is 0 Å². The van der Waals surface area contributed by atoms with Gasteiger partial charge in [-0.1, -0.05) is 106 Å². The number of carbonyl (C=O) groups is 4. The second-order valence-electron chi connectivity index (χ2n) is 29.1. The predicted octanol–water partition coefficient (Wildman–Crippen LogP) is 7.65. The predicted molar refractivity (Wildman–Crippen MR) is 475 cm³/mol. The van der Waals surface area contributed by atoms with Gasteiger partial charge in [0.2, 0.25) is 20.0 Å². The van der Waals surface area contributed by atoms with Crippen molar-refractivity contribution >= 4 is 123 Å². The first kappa shape index (κ1) is 108. The number of sulfonamides is 2. The lowest BCUT2D eigenvalue weighted by atomic mass is 9.85. The zero-order valence-electron chi connectivity index (χ0n) is 70.4. The van der Waals surface area contributed by atoms with Crippen LogP contribution in [0.5, 0.6) is 0 Å². The van der Waals surface area contributed by atoms with Crippen LogP contribution < -0.4 is 20.5 Å². The van der Waals surface area contributed by atoms with Gasteiger partial charge in [0.15, 0.2) is 33.9 Å². The van der Waals surface area contributed by atoms with Gasteiger partial charge >= 0.3 is 11.9 Å². The number of carboxylic acids is 2. The zero-order chi connectivity index (χ0) is 91.8. The number of rotatable bonds is 50. The second-order valence-corrected chi connectivity index (χ2v) is 37.2.